The molecule has 0 spiro atoms. The van der Waals surface area contributed by atoms with Crippen molar-refractivity contribution in [2.75, 3.05) is 0 Å². The van der Waals surface area contributed by atoms with Crippen molar-refractivity contribution < 1.29 is 18.7 Å². The van der Waals surface area contributed by atoms with Crippen molar-refractivity contribution in [1.82, 2.24) is 0 Å². The molecule has 1 aromatic rings. The number of carbonyl (C=O) groups excluding carboxylic acids is 1. The SMILES string of the molecule is C=CCC(CCC(=O)O[C@@H](C)C[C@H](CC=C)O[Si](C(C)C)(C(C)C)C(C)C)OCc1ccccc1. The topological polar surface area (TPSA) is 44.8 Å². The molecule has 35 heavy (non-hydrogen) atoms. The average molecular weight is 503 g/mol. The second-order valence-electron chi connectivity index (χ2n) is 10.6. The Bertz CT molecular complexity index is 722. The fraction of sp³-hybridized carbons (Fsp3) is 0.633. The number of benzene rings is 1. The van der Waals surface area contributed by atoms with E-state index < -0.39 is 8.32 Å². The van der Waals surface area contributed by atoms with Crippen LogP contribution in [0.5, 0.6) is 0 Å². The zero-order valence-electron chi connectivity index (χ0n) is 23.3. The molecule has 0 saturated heterocycles. The van der Waals surface area contributed by atoms with Gasteiger partial charge in [-0.25, -0.2) is 0 Å². The van der Waals surface area contributed by atoms with Gasteiger partial charge in [-0.2, -0.15) is 0 Å². The molecule has 0 heterocycles. The first-order chi connectivity index (χ1) is 16.6. The molecular formula is C30H50O4Si. The molecule has 0 saturated carbocycles. The number of esters is 1. The first-order valence-corrected chi connectivity index (χ1v) is 15.4. The highest BCUT2D eigenvalue weighted by Gasteiger charge is 2.46. The minimum Gasteiger partial charge on any atom is -0.463 e. The Morgan fingerprint density at radius 2 is 1.43 bits per heavy atom. The van der Waals surface area contributed by atoms with E-state index in [1.54, 1.807) is 0 Å². The largest absolute Gasteiger partial charge is 0.463 e. The molecule has 0 fully saturated rings. The van der Waals surface area contributed by atoms with Crippen molar-refractivity contribution in [1.29, 1.82) is 0 Å². The van der Waals surface area contributed by atoms with Gasteiger partial charge in [0.15, 0.2) is 0 Å². The summed E-state index contributed by atoms with van der Waals surface area (Å²) in [4.78, 5) is 12.6. The van der Waals surface area contributed by atoms with Gasteiger partial charge < -0.3 is 13.9 Å². The van der Waals surface area contributed by atoms with E-state index in [4.69, 9.17) is 13.9 Å². The second-order valence-corrected chi connectivity index (χ2v) is 16.0. The summed E-state index contributed by atoms with van der Waals surface area (Å²) < 4.78 is 18.8. The first kappa shape index (κ1) is 31.3. The number of hydrogen-bond donors (Lipinski definition) is 0. The monoisotopic (exact) mass is 502 g/mol. The molecule has 0 aliphatic heterocycles. The van der Waals surface area contributed by atoms with Gasteiger partial charge in [-0.15, -0.1) is 13.2 Å². The molecule has 4 nitrogen and oxygen atoms in total. The third-order valence-electron chi connectivity index (χ3n) is 6.86. The van der Waals surface area contributed by atoms with E-state index in [-0.39, 0.29) is 24.3 Å². The molecule has 1 unspecified atom stereocenters. The fourth-order valence-electron chi connectivity index (χ4n) is 5.30. The van der Waals surface area contributed by atoms with Crippen molar-refractivity contribution in [3.8, 4) is 0 Å². The summed E-state index contributed by atoms with van der Waals surface area (Å²) in [7, 11) is -2.03. The molecular weight excluding hydrogens is 452 g/mol. The van der Waals surface area contributed by atoms with Crippen LogP contribution in [0.15, 0.2) is 55.6 Å². The molecule has 0 amide bonds. The molecule has 0 N–H and O–H groups in total. The van der Waals surface area contributed by atoms with E-state index in [1.807, 2.05) is 49.4 Å². The molecule has 1 aromatic carbocycles. The van der Waals surface area contributed by atoms with E-state index in [0.717, 1.165) is 12.0 Å². The van der Waals surface area contributed by atoms with Crippen LogP contribution in [0.1, 0.15) is 86.1 Å². The van der Waals surface area contributed by atoms with Gasteiger partial charge in [-0.05, 0) is 48.4 Å². The smallest absolute Gasteiger partial charge is 0.306 e. The Morgan fingerprint density at radius 1 is 0.886 bits per heavy atom. The van der Waals surface area contributed by atoms with Crippen molar-refractivity contribution >= 4 is 14.3 Å². The van der Waals surface area contributed by atoms with Crippen LogP contribution in [-0.4, -0.2) is 32.6 Å². The molecule has 198 valence electrons. The molecule has 0 aliphatic carbocycles. The average Bonchev–Trinajstić information content (AvgIpc) is 2.79. The van der Waals surface area contributed by atoms with Gasteiger partial charge in [-0.1, -0.05) is 84.0 Å². The van der Waals surface area contributed by atoms with E-state index >= 15 is 0 Å². The lowest BCUT2D eigenvalue weighted by molar-refractivity contribution is -0.150. The quantitative estimate of drug-likeness (QED) is 0.115. The summed E-state index contributed by atoms with van der Waals surface area (Å²) in [6, 6.07) is 10.1. The normalized spacial score (nSPS) is 14.7. The third kappa shape index (κ3) is 10.4. The summed E-state index contributed by atoms with van der Waals surface area (Å²) in [5.41, 5.74) is 2.64. The predicted octanol–water partition coefficient (Wildman–Crippen LogP) is 8.39. The lowest BCUT2D eigenvalue weighted by atomic mass is 10.1. The Kier molecular flexibility index (Phi) is 14.4. The molecule has 0 aliphatic rings. The number of ether oxygens (including phenoxy) is 2. The van der Waals surface area contributed by atoms with E-state index in [2.05, 4.69) is 54.7 Å². The molecule has 0 bridgehead atoms. The summed E-state index contributed by atoms with van der Waals surface area (Å²) in [5, 5.41) is 0. The van der Waals surface area contributed by atoms with Crippen LogP contribution >= 0.6 is 0 Å². The van der Waals surface area contributed by atoms with Gasteiger partial charge in [0.1, 0.15) is 6.10 Å². The summed E-state index contributed by atoms with van der Waals surface area (Å²) in [6.45, 7) is 24.0. The zero-order valence-corrected chi connectivity index (χ0v) is 24.3. The minimum absolute atomic E-state index is 0.0110. The maximum atomic E-state index is 12.6. The van der Waals surface area contributed by atoms with Crippen LogP contribution in [-0.2, 0) is 25.3 Å². The Balaban J connectivity index is 2.66. The Hall–Kier alpha value is -1.69. The lowest BCUT2D eigenvalue weighted by Gasteiger charge is -2.45. The van der Waals surface area contributed by atoms with Crippen molar-refractivity contribution in [2.45, 2.75) is 122 Å². The standard InChI is InChI=1S/C30H50O4Si/c1-10-15-28(32-22-27-17-13-12-14-18-27)19-20-30(31)33-26(9)21-29(16-11-2)34-35(23(3)4,24(5)6)25(7)8/h10-14,17-18,23-26,28-29H,1-2,15-16,19-22H2,3-9H3/t26-,28?,29-/m0/s1. The first-order valence-electron chi connectivity index (χ1n) is 13.3. The highest BCUT2D eigenvalue weighted by atomic mass is 28.4. The number of hydrogen-bond acceptors (Lipinski definition) is 4. The van der Waals surface area contributed by atoms with Gasteiger partial charge in [0.25, 0.3) is 0 Å². The molecule has 1 rings (SSSR count). The molecule has 3 atom stereocenters. The highest BCUT2D eigenvalue weighted by molar-refractivity contribution is 6.77. The van der Waals surface area contributed by atoms with Crippen LogP contribution in [0, 0.1) is 0 Å². The minimum atomic E-state index is -2.03. The van der Waals surface area contributed by atoms with E-state index in [9.17, 15) is 4.79 Å². The molecule has 5 heteroatoms. The van der Waals surface area contributed by atoms with E-state index in [0.29, 0.717) is 48.9 Å². The molecule has 0 radical (unpaired) electrons. The third-order valence-corrected chi connectivity index (χ3v) is 13.0. The van der Waals surface area contributed by atoms with Gasteiger partial charge >= 0.3 is 5.97 Å². The van der Waals surface area contributed by atoms with E-state index in [1.165, 1.54) is 0 Å². The fourth-order valence-corrected chi connectivity index (χ4v) is 10.9. The Labute approximate surface area is 216 Å². The maximum absolute atomic E-state index is 12.6. The molecule has 0 aromatic heterocycles. The van der Waals surface area contributed by atoms with Gasteiger partial charge in [0.05, 0.1) is 18.8 Å². The summed E-state index contributed by atoms with van der Waals surface area (Å²) in [6.07, 6.45) is 6.59. The van der Waals surface area contributed by atoms with Crippen LogP contribution in [0.4, 0.5) is 0 Å². The zero-order chi connectivity index (χ0) is 26.4. The number of carbonyl (C=O) groups is 1. The second kappa shape index (κ2) is 16.1. The van der Waals surface area contributed by atoms with Gasteiger partial charge in [0.2, 0.25) is 8.32 Å². The van der Waals surface area contributed by atoms with Crippen molar-refractivity contribution in [2.24, 2.45) is 0 Å². The van der Waals surface area contributed by atoms with Gasteiger partial charge in [0, 0.05) is 12.8 Å². The predicted molar refractivity (Wildman–Crippen MR) is 150 cm³/mol. The van der Waals surface area contributed by atoms with Crippen LogP contribution in [0.25, 0.3) is 0 Å². The van der Waals surface area contributed by atoms with Crippen LogP contribution in [0.2, 0.25) is 16.6 Å². The van der Waals surface area contributed by atoms with Crippen LogP contribution < -0.4 is 0 Å². The Morgan fingerprint density at radius 3 is 1.94 bits per heavy atom. The summed E-state index contributed by atoms with van der Waals surface area (Å²) >= 11 is 0. The highest BCUT2D eigenvalue weighted by Crippen LogP contribution is 2.43. The lowest BCUT2D eigenvalue weighted by Crippen LogP contribution is -2.50. The maximum Gasteiger partial charge on any atom is 0.306 e. The summed E-state index contributed by atoms with van der Waals surface area (Å²) in [5.74, 6) is -0.188. The van der Waals surface area contributed by atoms with Crippen molar-refractivity contribution in [3.63, 3.8) is 0 Å². The van der Waals surface area contributed by atoms with Gasteiger partial charge in [-0.3, -0.25) is 4.79 Å². The number of rotatable bonds is 18. The van der Waals surface area contributed by atoms with Crippen molar-refractivity contribution in [3.05, 3.63) is 61.2 Å². The van der Waals surface area contributed by atoms with Crippen LogP contribution in [0.3, 0.4) is 0 Å².